The molecule has 130 valence electrons. The zero-order valence-electron chi connectivity index (χ0n) is 13.0. The van der Waals surface area contributed by atoms with Crippen LogP contribution in [0.25, 0.3) is 10.9 Å². The highest BCUT2D eigenvalue weighted by Gasteiger charge is 2.16. The Morgan fingerprint density at radius 2 is 1.96 bits per heavy atom. The van der Waals surface area contributed by atoms with Gasteiger partial charge in [0, 0.05) is 10.9 Å². The van der Waals surface area contributed by atoms with Gasteiger partial charge in [0.1, 0.15) is 17.3 Å². The molecule has 0 saturated heterocycles. The quantitative estimate of drug-likeness (QED) is 0.659. The summed E-state index contributed by atoms with van der Waals surface area (Å²) in [7, 11) is -2.55. The summed E-state index contributed by atoms with van der Waals surface area (Å²) in [5, 5.41) is 8.20. The Kier molecular flexibility index (Phi) is 4.19. The van der Waals surface area contributed by atoms with Crippen molar-refractivity contribution in [3.63, 3.8) is 0 Å². The number of ether oxygens (including phenoxy) is 1. The fraction of sp³-hybridized carbons (Fsp3) is 0.0625. The molecule has 3 rings (SSSR count). The number of nitrogens with one attached hydrogen (secondary N) is 2. The lowest BCUT2D eigenvalue weighted by Crippen LogP contribution is -2.15. The number of primary sulfonamides is 1. The highest BCUT2D eigenvalue weighted by atomic mass is 32.2. The van der Waals surface area contributed by atoms with E-state index in [0.717, 1.165) is 0 Å². The van der Waals surface area contributed by atoms with Crippen molar-refractivity contribution >= 4 is 32.5 Å². The molecule has 25 heavy (non-hydrogen) atoms. The number of hydrogen-bond acceptors (Lipinski definition) is 4. The van der Waals surface area contributed by atoms with Gasteiger partial charge in [-0.15, -0.1) is 0 Å². The number of anilines is 1. The summed E-state index contributed by atoms with van der Waals surface area (Å²) in [6, 6.07) is 9.44. The van der Waals surface area contributed by atoms with Crippen LogP contribution in [0, 0.1) is 5.82 Å². The molecule has 0 spiro atoms. The molecule has 4 N–H and O–H groups in total. The van der Waals surface area contributed by atoms with Gasteiger partial charge in [0.05, 0.1) is 17.7 Å². The number of carbonyl (C=O) groups excluding carboxylic acids is 1. The van der Waals surface area contributed by atoms with Crippen LogP contribution >= 0.6 is 0 Å². The molecule has 1 aromatic heterocycles. The molecule has 3 aromatic rings. The van der Waals surface area contributed by atoms with E-state index in [0.29, 0.717) is 10.9 Å². The summed E-state index contributed by atoms with van der Waals surface area (Å²) in [6.45, 7) is 0. The molecule has 2 aromatic carbocycles. The number of aromatic nitrogens is 1. The number of methoxy groups -OCH3 is 1. The van der Waals surface area contributed by atoms with E-state index >= 15 is 0 Å². The molecule has 7 nitrogen and oxygen atoms in total. The fourth-order valence-electron chi connectivity index (χ4n) is 2.38. The zero-order chi connectivity index (χ0) is 18.2. The molecule has 0 unspecified atom stereocenters. The molecule has 0 aliphatic heterocycles. The number of sulfonamides is 1. The van der Waals surface area contributed by atoms with Gasteiger partial charge in [0.15, 0.2) is 0 Å². The number of aromatic amines is 1. The van der Waals surface area contributed by atoms with Crippen molar-refractivity contribution in [2.75, 3.05) is 12.4 Å². The number of nitrogens with two attached hydrogens (primary N) is 1. The Hall–Kier alpha value is -2.91. The van der Waals surface area contributed by atoms with E-state index in [2.05, 4.69) is 10.3 Å². The van der Waals surface area contributed by atoms with Crippen molar-refractivity contribution in [2.45, 2.75) is 4.90 Å². The van der Waals surface area contributed by atoms with Gasteiger partial charge in [-0.25, -0.2) is 17.9 Å². The van der Waals surface area contributed by atoms with E-state index < -0.39 is 21.7 Å². The number of amides is 1. The normalized spacial score (nSPS) is 11.5. The van der Waals surface area contributed by atoms with Crippen molar-refractivity contribution in [1.82, 2.24) is 4.98 Å². The average Bonchev–Trinajstić information content (AvgIpc) is 2.97. The largest absolute Gasteiger partial charge is 0.495 e. The average molecular weight is 363 g/mol. The predicted molar refractivity (Wildman–Crippen MR) is 90.6 cm³/mol. The third-order valence-corrected chi connectivity index (χ3v) is 4.49. The third kappa shape index (κ3) is 3.47. The fourth-order valence-corrected chi connectivity index (χ4v) is 2.92. The molecular formula is C16H14FN3O4S. The lowest BCUT2D eigenvalue weighted by atomic mass is 10.2. The molecule has 9 heteroatoms. The lowest BCUT2D eigenvalue weighted by Gasteiger charge is -2.11. The van der Waals surface area contributed by atoms with E-state index in [9.17, 15) is 17.6 Å². The Labute approximate surface area is 142 Å². The molecule has 0 aliphatic carbocycles. The number of fused-ring (bicyclic) bond motifs is 1. The van der Waals surface area contributed by atoms with Crippen LogP contribution in [0.4, 0.5) is 10.1 Å². The maximum atomic E-state index is 13.2. The van der Waals surface area contributed by atoms with Gasteiger partial charge < -0.3 is 15.0 Å². The first kappa shape index (κ1) is 16.9. The van der Waals surface area contributed by atoms with E-state index in [1.165, 1.54) is 49.6 Å². The van der Waals surface area contributed by atoms with Gasteiger partial charge in [-0.05, 0) is 42.5 Å². The van der Waals surface area contributed by atoms with Crippen molar-refractivity contribution in [3.8, 4) is 5.75 Å². The standard InChI is InChI=1S/C16H14FN3O4S/c1-24-15-5-3-11(25(18,22)23)8-13(15)20-16(21)14-7-9-6-10(17)2-4-12(9)19-14/h2-8,19H,1H3,(H,20,21)(H2,18,22,23). The molecule has 0 atom stereocenters. The SMILES string of the molecule is COc1ccc(S(N)(=O)=O)cc1NC(=O)c1cc2cc(F)ccc2[nH]1. The Bertz CT molecular complexity index is 1080. The molecule has 0 fully saturated rings. The van der Waals surface area contributed by atoms with Crippen LogP contribution in [-0.4, -0.2) is 26.4 Å². The number of halogens is 1. The minimum atomic E-state index is -3.93. The molecular weight excluding hydrogens is 349 g/mol. The monoisotopic (exact) mass is 363 g/mol. The number of rotatable bonds is 4. The summed E-state index contributed by atoms with van der Waals surface area (Å²) in [4.78, 5) is 15.1. The second-order valence-corrected chi connectivity index (χ2v) is 6.84. The van der Waals surface area contributed by atoms with Crippen LogP contribution < -0.4 is 15.2 Å². The molecule has 0 aliphatic rings. The van der Waals surface area contributed by atoms with Crippen molar-refractivity contribution in [2.24, 2.45) is 5.14 Å². The predicted octanol–water partition coefficient (Wildman–Crippen LogP) is 2.22. The summed E-state index contributed by atoms with van der Waals surface area (Å²) in [5.74, 6) is -0.689. The highest BCUT2D eigenvalue weighted by Crippen LogP contribution is 2.28. The van der Waals surface area contributed by atoms with Gasteiger partial charge in [0.25, 0.3) is 5.91 Å². The topological polar surface area (TPSA) is 114 Å². The van der Waals surface area contributed by atoms with Gasteiger partial charge in [-0.3, -0.25) is 4.79 Å². The summed E-state index contributed by atoms with van der Waals surface area (Å²) < 4.78 is 41.3. The molecule has 0 saturated carbocycles. The smallest absolute Gasteiger partial charge is 0.272 e. The van der Waals surface area contributed by atoms with Gasteiger partial charge in [0.2, 0.25) is 10.0 Å². The lowest BCUT2D eigenvalue weighted by molar-refractivity contribution is 0.102. The molecule has 0 radical (unpaired) electrons. The summed E-state index contributed by atoms with van der Waals surface area (Å²) in [6.07, 6.45) is 0. The minimum absolute atomic E-state index is 0.142. The Morgan fingerprint density at radius 3 is 2.64 bits per heavy atom. The van der Waals surface area contributed by atoms with Crippen LogP contribution in [0.1, 0.15) is 10.5 Å². The summed E-state index contributed by atoms with van der Waals surface area (Å²) in [5.41, 5.74) is 0.921. The maximum absolute atomic E-state index is 13.2. The highest BCUT2D eigenvalue weighted by molar-refractivity contribution is 7.89. The maximum Gasteiger partial charge on any atom is 0.272 e. The first-order valence-electron chi connectivity index (χ1n) is 7.08. The first-order chi connectivity index (χ1) is 11.8. The Morgan fingerprint density at radius 1 is 1.20 bits per heavy atom. The number of carbonyl (C=O) groups is 1. The summed E-state index contributed by atoms with van der Waals surface area (Å²) >= 11 is 0. The first-order valence-corrected chi connectivity index (χ1v) is 8.63. The number of hydrogen-bond donors (Lipinski definition) is 3. The second kappa shape index (κ2) is 6.19. The van der Waals surface area contributed by atoms with Crippen LogP contribution in [0.15, 0.2) is 47.4 Å². The molecule has 0 bridgehead atoms. The van der Waals surface area contributed by atoms with Crippen LogP contribution in [0.3, 0.4) is 0 Å². The Balaban J connectivity index is 1.96. The number of H-pyrrole nitrogens is 1. The van der Waals surface area contributed by atoms with Gasteiger partial charge in [-0.1, -0.05) is 0 Å². The third-order valence-electron chi connectivity index (χ3n) is 3.58. The van der Waals surface area contributed by atoms with Crippen LogP contribution in [0.2, 0.25) is 0 Å². The van der Waals surface area contributed by atoms with Crippen molar-refractivity contribution in [3.05, 3.63) is 54.0 Å². The molecule has 1 amide bonds. The molecule has 1 heterocycles. The van der Waals surface area contributed by atoms with Crippen LogP contribution in [0.5, 0.6) is 5.75 Å². The van der Waals surface area contributed by atoms with Crippen LogP contribution in [-0.2, 0) is 10.0 Å². The second-order valence-electron chi connectivity index (χ2n) is 5.28. The minimum Gasteiger partial charge on any atom is -0.495 e. The van der Waals surface area contributed by atoms with Crippen molar-refractivity contribution in [1.29, 1.82) is 0 Å². The van der Waals surface area contributed by atoms with E-state index in [1.54, 1.807) is 0 Å². The zero-order valence-corrected chi connectivity index (χ0v) is 13.9. The van der Waals surface area contributed by atoms with Gasteiger partial charge in [-0.2, -0.15) is 0 Å². The van der Waals surface area contributed by atoms with E-state index in [-0.39, 0.29) is 22.0 Å². The number of benzene rings is 2. The van der Waals surface area contributed by atoms with Crippen molar-refractivity contribution < 1.29 is 22.3 Å². The van der Waals surface area contributed by atoms with E-state index in [1.807, 2.05) is 0 Å². The van der Waals surface area contributed by atoms with Gasteiger partial charge >= 0.3 is 0 Å². The van der Waals surface area contributed by atoms with E-state index in [4.69, 9.17) is 9.88 Å².